The highest BCUT2D eigenvalue weighted by Crippen LogP contribution is 2.38. The molecular formula is C18H21FN2O2. The van der Waals surface area contributed by atoms with Gasteiger partial charge in [-0.3, -0.25) is 4.79 Å². The average molecular weight is 316 g/mol. The fraction of sp³-hybridized carbons (Fsp3) is 0.556. The molecule has 3 rings (SSSR count). The van der Waals surface area contributed by atoms with Crippen LogP contribution < -0.4 is 0 Å². The van der Waals surface area contributed by atoms with Crippen LogP contribution in [-0.2, 0) is 9.53 Å². The number of carbonyl (C=O) groups is 1. The molecule has 1 aliphatic heterocycles. The lowest BCUT2D eigenvalue weighted by Crippen LogP contribution is -2.49. The summed E-state index contributed by atoms with van der Waals surface area (Å²) in [5, 5.41) is 9.59. The zero-order valence-corrected chi connectivity index (χ0v) is 13.1. The van der Waals surface area contributed by atoms with Gasteiger partial charge in [-0.15, -0.1) is 0 Å². The van der Waals surface area contributed by atoms with E-state index in [1.165, 1.54) is 12.1 Å². The van der Waals surface area contributed by atoms with Crippen LogP contribution in [0.2, 0.25) is 0 Å². The summed E-state index contributed by atoms with van der Waals surface area (Å²) in [5.41, 5.74) is 0.00157. The number of hydrogen-bond acceptors (Lipinski definition) is 3. The van der Waals surface area contributed by atoms with E-state index in [0.29, 0.717) is 32.5 Å². The first-order valence-corrected chi connectivity index (χ1v) is 8.22. The minimum atomic E-state index is -0.858. The monoisotopic (exact) mass is 316 g/mol. The van der Waals surface area contributed by atoms with E-state index in [0.717, 1.165) is 24.8 Å². The van der Waals surface area contributed by atoms with Crippen molar-refractivity contribution in [1.82, 2.24) is 4.90 Å². The maximum absolute atomic E-state index is 13.1. The summed E-state index contributed by atoms with van der Waals surface area (Å²) in [7, 11) is 0. The summed E-state index contributed by atoms with van der Waals surface area (Å²) in [4.78, 5) is 14.7. The highest BCUT2D eigenvalue weighted by atomic mass is 19.1. The van der Waals surface area contributed by atoms with Gasteiger partial charge in [0.1, 0.15) is 17.3 Å². The van der Waals surface area contributed by atoms with Crippen LogP contribution in [0, 0.1) is 22.6 Å². The van der Waals surface area contributed by atoms with Crippen molar-refractivity contribution in [1.29, 1.82) is 5.26 Å². The van der Waals surface area contributed by atoms with Gasteiger partial charge < -0.3 is 9.64 Å². The molecule has 1 atom stereocenters. The minimum Gasteiger partial charge on any atom is -0.370 e. The molecule has 2 fully saturated rings. The van der Waals surface area contributed by atoms with E-state index in [9.17, 15) is 14.4 Å². The van der Waals surface area contributed by atoms with Crippen molar-refractivity contribution >= 4 is 5.91 Å². The molecular weight excluding hydrogens is 295 g/mol. The summed E-state index contributed by atoms with van der Waals surface area (Å²) in [6.07, 6.45) is 4.02. The van der Waals surface area contributed by atoms with E-state index in [1.807, 2.05) is 0 Å². The van der Waals surface area contributed by atoms with E-state index >= 15 is 0 Å². The first kappa shape index (κ1) is 15.9. The highest BCUT2D eigenvalue weighted by Gasteiger charge is 2.43. The molecule has 1 saturated carbocycles. The number of amides is 1. The Morgan fingerprint density at radius 3 is 2.61 bits per heavy atom. The lowest BCUT2D eigenvalue weighted by molar-refractivity contribution is -0.148. The number of benzene rings is 1. The van der Waals surface area contributed by atoms with E-state index in [4.69, 9.17) is 4.74 Å². The van der Waals surface area contributed by atoms with Crippen LogP contribution in [0.1, 0.15) is 43.8 Å². The van der Waals surface area contributed by atoms with Crippen molar-refractivity contribution in [2.24, 2.45) is 5.41 Å². The molecule has 0 N–H and O–H groups in total. The number of hydrogen-bond donors (Lipinski definition) is 0. The maximum atomic E-state index is 13.1. The van der Waals surface area contributed by atoms with Crippen molar-refractivity contribution in [2.45, 2.75) is 38.2 Å². The van der Waals surface area contributed by atoms with Crippen LogP contribution in [-0.4, -0.2) is 30.5 Å². The highest BCUT2D eigenvalue weighted by molar-refractivity contribution is 5.85. The predicted octanol–water partition coefficient (Wildman–Crippen LogP) is 3.20. The van der Waals surface area contributed by atoms with Crippen molar-refractivity contribution in [3.05, 3.63) is 35.6 Å². The van der Waals surface area contributed by atoms with Gasteiger partial charge in [-0.1, -0.05) is 31.4 Å². The van der Waals surface area contributed by atoms with Gasteiger partial charge >= 0.3 is 0 Å². The standard InChI is InChI=1S/C18H21FN2O2/c19-15-6-4-14(5-7-15)16-12-21(10-11-23-16)17(22)18(13-20)8-2-1-3-9-18/h4-7,16H,1-3,8-12H2/t16-/m1/s1. The summed E-state index contributed by atoms with van der Waals surface area (Å²) >= 11 is 0. The van der Waals surface area contributed by atoms with Gasteiger partial charge in [0.2, 0.25) is 5.91 Å². The van der Waals surface area contributed by atoms with Crippen molar-refractivity contribution < 1.29 is 13.9 Å². The Kier molecular flexibility index (Phi) is 4.63. The lowest BCUT2D eigenvalue weighted by atomic mass is 9.74. The molecule has 1 saturated heterocycles. The Morgan fingerprint density at radius 2 is 1.96 bits per heavy atom. The summed E-state index contributed by atoms with van der Waals surface area (Å²) < 4.78 is 18.8. The number of nitriles is 1. The third kappa shape index (κ3) is 3.23. The third-order valence-electron chi connectivity index (χ3n) is 4.93. The number of morpholine rings is 1. The second-order valence-electron chi connectivity index (χ2n) is 6.42. The molecule has 0 unspecified atom stereocenters. The molecule has 1 amide bonds. The van der Waals surface area contributed by atoms with E-state index in [2.05, 4.69) is 6.07 Å². The van der Waals surface area contributed by atoms with Crippen LogP contribution in [0.15, 0.2) is 24.3 Å². The second kappa shape index (κ2) is 6.67. The van der Waals surface area contributed by atoms with Crippen molar-refractivity contribution in [3.8, 4) is 6.07 Å². The van der Waals surface area contributed by atoms with Crippen LogP contribution >= 0.6 is 0 Å². The van der Waals surface area contributed by atoms with Gasteiger partial charge in [0, 0.05) is 6.54 Å². The third-order valence-corrected chi connectivity index (χ3v) is 4.93. The van der Waals surface area contributed by atoms with Gasteiger partial charge in [-0.2, -0.15) is 5.26 Å². The molecule has 0 radical (unpaired) electrons. The van der Waals surface area contributed by atoms with Crippen LogP contribution in [0.4, 0.5) is 4.39 Å². The van der Waals surface area contributed by atoms with Crippen LogP contribution in [0.25, 0.3) is 0 Å². The van der Waals surface area contributed by atoms with Crippen molar-refractivity contribution in [2.75, 3.05) is 19.7 Å². The summed E-state index contributed by atoms with van der Waals surface area (Å²) in [6.45, 7) is 1.38. The number of ether oxygens (including phenoxy) is 1. The molecule has 0 spiro atoms. The Bertz CT molecular complexity index is 602. The molecule has 2 aliphatic rings. The number of rotatable bonds is 2. The molecule has 4 nitrogen and oxygen atoms in total. The molecule has 0 bridgehead atoms. The molecule has 1 aromatic carbocycles. The average Bonchev–Trinajstić information content (AvgIpc) is 2.62. The Balaban J connectivity index is 1.74. The van der Waals surface area contributed by atoms with Gasteiger partial charge in [-0.25, -0.2) is 4.39 Å². The normalized spacial score (nSPS) is 24.0. The second-order valence-corrected chi connectivity index (χ2v) is 6.42. The lowest BCUT2D eigenvalue weighted by Gasteiger charge is -2.39. The largest absolute Gasteiger partial charge is 0.370 e. The molecule has 0 aromatic heterocycles. The molecule has 5 heteroatoms. The summed E-state index contributed by atoms with van der Waals surface area (Å²) in [6, 6.07) is 8.47. The molecule has 23 heavy (non-hydrogen) atoms. The van der Waals surface area contributed by atoms with Crippen LogP contribution in [0.5, 0.6) is 0 Å². The molecule has 1 heterocycles. The number of halogens is 1. The SMILES string of the molecule is N#CC1(C(=O)N2CCO[C@@H](c3ccc(F)cc3)C2)CCCCC1. The molecule has 1 aromatic rings. The maximum Gasteiger partial charge on any atom is 0.243 e. The quantitative estimate of drug-likeness (QED) is 0.842. The molecule has 122 valence electrons. The van der Waals surface area contributed by atoms with E-state index < -0.39 is 5.41 Å². The van der Waals surface area contributed by atoms with Gasteiger partial charge in [0.25, 0.3) is 0 Å². The topological polar surface area (TPSA) is 53.3 Å². The Hall–Kier alpha value is -1.93. The molecule has 1 aliphatic carbocycles. The number of nitrogens with zero attached hydrogens (tertiary/aromatic N) is 2. The minimum absolute atomic E-state index is 0.0601. The zero-order valence-electron chi connectivity index (χ0n) is 13.1. The fourth-order valence-electron chi connectivity index (χ4n) is 3.54. The first-order valence-electron chi connectivity index (χ1n) is 8.22. The summed E-state index contributed by atoms with van der Waals surface area (Å²) in [5.74, 6) is -0.349. The Labute approximate surface area is 135 Å². The predicted molar refractivity (Wildman–Crippen MR) is 82.8 cm³/mol. The Morgan fingerprint density at radius 1 is 1.26 bits per heavy atom. The smallest absolute Gasteiger partial charge is 0.243 e. The number of carbonyl (C=O) groups excluding carboxylic acids is 1. The van der Waals surface area contributed by atoms with Gasteiger partial charge in [0.05, 0.1) is 19.2 Å². The zero-order chi connectivity index (χ0) is 16.3. The van der Waals surface area contributed by atoms with Gasteiger partial charge in [-0.05, 0) is 30.5 Å². The van der Waals surface area contributed by atoms with Gasteiger partial charge in [0.15, 0.2) is 0 Å². The van der Waals surface area contributed by atoms with Crippen molar-refractivity contribution in [3.63, 3.8) is 0 Å². The van der Waals surface area contributed by atoms with E-state index in [1.54, 1.807) is 17.0 Å². The van der Waals surface area contributed by atoms with E-state index in [-0.39, 0.29) is 17.8 Å². The fourth-order valence-corrected chi connectivity index (χ4v) is 3.54. The van der Waals surface area contributed by atoms with Crippen LogP contribution in [0.3, 0.4) is 0 Å². The first-order chi connectivity index (χ1) is 11.1.